The van der Waals surface area contributed by atoms with Gasteiger partial charge in [-0.2, -0.15) is 5.26 Å². The van der Waals surface area contributed by atoms with Gasteiger partial charge in [-0.25, -0.2) is 0 Å². The molecule has 0 bridgehead atoms. The van der Waals surface area contributed by atoms with Crippen molar-refractivity contribution in [3.05, 3.63) is 47.5 Å². The number of nitriles is 1. The Hall–Kier alpha value is -1.55. The lowest BCUT2D eigenvalue weighted by molar-refractivity contribution is 0.303. The van der Waals surface area contributed by atoms with Crippen LogP contribution in [0.15, 0.2) is 36.4 Å². The Labute approximate surface area is 110 Å². The van der Waals surface area contributed by atoms with Crippen LogP contribution in [0.1, 0.15) is 43.2 Å². The Bertz CT molecular complexity index is 463. The van der Waals surface area contributed by atoms with Crippen LogP contribution in [0.25, 0.3) is 0 Å². The summed E-state index contributed by atoms with van der Waals surface area (Å²) in [6, 6.07) is 11.2. The molecule has 1 unspecified atom stereocenters. The highest BCUT2D eigenvalue weighted by Crippen LogP contribution is 2.43. The van der Waals surface area contributed by atoms with E-state index in [2.05, 4.69) is 50.8 Å². The number of aryl methyl sites for hydroxylation is 1. The molecule has 18 heavy (non-hydrogen) atoms. The molecule has 2 rings (SSSR count). The van der Waals surface area contributed by atoms with Crippen LogP contribution in [0.5, 0.6) is 0 Å². The van der Waals surface area contributed by atoms with Gasteiger partial charge >= 0.3 is 0 Å². The zero-order valence-corrected chi connectivity index (χ0v) is 11.3. The van der Waals surface area contributed by atoms with Gasteiger partial charge in [-0.1, -0.05) is 42.0 Å². The van der Waals surface area contributed by atoms with E-state index in [4.69, 9.17) is 5.26 Å². The SMILES string of the molecule is C=C(C)[C@@H]1CCC(C#N)C[C@H]1c1ccc(C)cc1. The van der Waals surface area contributed by atoms with Gasteiger partial charge in [-0.3, -0.25) is 0 Å². The van der Waals surface area contributed by atoms with E-state index in [1.807, 2.05) is 0 Å². The van der Waals surface area contributed by atoms with E-state index in [1.54, 1.807) is 0 Å². The highest BCUT2D eigenvalue weighted by Gasteiger charge is 2.31. The molecule has 0 aliphatic heterocycles. The second-order valence-electron chi connectivity index (χ2n) is 5.61. The Morgan fingerprint density at radius 1 is 1.28 bits per heavy atom. The molecule has 1 heteroatoms. The van der Waals surface area contributed by atoms with Crippen LogP contribution in [-0.2, 0) is 0 Å². The van der Waals surface area contributed by atoms with Crippen LogP contribution < -0.4 is 0 Å². The number of benzene rings is 1. The monoisotopic (exact) mass is 239 g/mol. The largest absolute Gasteiger partial charge is 0.198 e. The van der Waals surface area contributed by atoms with E-state index < -0.39 is 0 Å². The van der Waals surface area contributed by atoms with Gasteiger partial charge in [0.15, 0.2) is 0 Å². The highest BCUT2D eigenvalue weighted by molar-refractivity contribution is 5.28. The van der Waals surface area contributed by atoms with Gasteiger partial charge in [0.05, 0.1) is 6.07 Å². The molecule has 0 N–H and O–H groups in total. The fourth-order valence-corrected chi connectivity index (χ4v) is 3.06. The van der Waals surface area contributed by atoms with Crippen molar-refractivity contribution in [1.29, 1.82) is 5.26 Å². The molecule has 3 atom stereocenters. The van der Waals surface area contributed by atoms with E-state index in [0.29, 0.717) is 11.8 Å². The van der Waals surface area contributed by atoms with Crippen LogP contribution in [0.4, 0.5) is 0 Å². The lowest BCUT2D eigenvalue weighted by Gasteiger charge is -2.34. The molecule has 0 spiro atoms. The summed E-state index contributed by atoms with van der Waals surface area (Å²) >= 11 is 0. The molecule has 1 aromatic rings. The maximum atomic E-state index is 9.15. The summed E-state index contributed by atoms with van der Waals surface area (Å²) in [6.45, 7) is 8.37. The fourth-order valence-electron chi connectivity index (χ4n) is 3.06. The first-order chi connectivity index (χ1) is 8.61. The quantitative estimate of drug-likeness (QED) is 0.692. The lowest BCUT2D eigenvalue weighted by Crippen LogP contribution is -2.23. The number of nitrogens with zero attached hydrogens (tertiary/aromatic N) is 1. The van der Waals surface area contributed by atoms with Gasteiger partial charge in [-0.15, -0.1) is 0 Å². The van der Waals surface area contributed by atoms with Crippen LogP contribution in [0.3, 0.4) is 0 Å². The first-order valence-corrected chi connectivity index (χ1v) is 6.73. The van der Waals surface area contributed by atoms with Crippen molar-refractivity contribution in [2.45, 2.75) is 39.0 Å². The normalized spacial score (nSPS) is 27.5. The molecular formula is C17H21N. The minimum atomic E-state index is 0.215. The molecule has 1 aromatic carbocycles. The van der Waals surface area contributed by atoms with Crippen molar-refractivity contribution in [2.75, 3.05) is 0 Å². The number of rotatable bonds is 2. The molecule has 1 fully saturated rings. The van der Waals surface area contributed by atoms with Gasteiger partial charge in [0.1, 0.15) is 0 Å². The minimum Gasteiger partial charge on any atom is -0.198 e. The van der Waals surface area contributed by atoms with Crippen molar-refractivity contribution in [1.82, 2.24) is 0 Å². The first kappa shape index (κ1) is 12.9. The standard InChI is InChI=1S/C17H21N/c1-12(2)16-9-6-14(11-18)10-17(16)15-7-4-13(3)5-8-15/h4-5,7-8,14,16-17H,1,6,9-10H2,2-3H3/t14?,16-,17-/m0/s1. The molecule has 0 saturated heterocycles. The second-order valence-corrected chi connectivity index (χ2v) is 5.61. The molecular weight excluding hydrogens is 218 g/mol. The predicted molar refractivity (Wildman–Crippen MR) is 75.2 cm³/mol. The molecule has 94 valence electrons. The summed E-state index contributed by atoms with van der Waals surface area (Å²) < 4.78 is 0. The molecule has 0 heterocycles. The van der Waals surface area contributed by atoms with Crippen LogP contribution in [0, 0.1) is 30.1 Å². The zero-order chi connectivity index (χ0) is 13.1. The molecule has 1 nitrogen and oxygen atoms in total. The lowest BCUT2D eigenvalue weighted by atomic mass is 9.69. The predicted octanol–water partition coefficient (Wildman–Crippen LogP) is 4.59. The summed E-state index contributed by atoms with van der Waals surface area (Å²) in [5.41, 5.74) is 3.92. The smallest absolute Gasteiger partial charge is 0.0656 e. The first-order valence-electron chi connectivity index (χ1n) is 6.73. The van der Waals surface area contributed by atoms with E-state index in [1.165, 1.54) is 16.7 Å². The zero-order valence-electron chi connectivity index (χ0n) is 11.3. The summed E-state index contributed by atoms with van der Waals surface area (Å²) in [4.78, 5) is 0. The maximum absolute atomic E-state index is 9.15. The highest BCUT2D eigenvalue weighted by atomic mass is 14.4. The molecule has 0 aromatic heterocycles. The van der Waals surface area contributed by atoms with E-state index in [9.17, 15) is 0 Å². The van der Waals surface area contributed by atoms with Crippen molar-refractivity contribution in [3.8, 4) is 6.07 Å². The molecule has 1 saturated carbocycles. The number of hydrogen-bond acceptors (Lipinski definition) is 1. The average molecular weight is 239 g/mol. The van der Waals surface area contributed by atoms with Crippen molar-refractivity contribution < 1.29 is 0 Å². The van der Waals surface area contributed by atoms with Crippen LogP contribution >= 0.6 is 0 Å². The van der Waals surface area contributed by atoms with Gasteiger partial charge in [0.25, 0.3) is 0 Å². The average Bonchev–Trinajstić information content (AvgIpc) is 2.38. The Balaban J connectivity index is 2.27. The molecule has 1 aliphatic carbocycles. The van der Waals surface area contributed by atoms with E-state index in [0.717, 1.165) is 19.3 Å². The summed E-state index contributed by atoms with van der Waals surface area (Å²) in [7, 11) is 0. The van der Waals surface area contributed by atoms with E-state index in [-0.39, 0.29) is 5.92 Å². The van der Waals surface area contributed by atoms with Crippen molar-refractivity contribution in [2.24, 2.45) is 11.8 Å². The van der Waals surface area contributed by atoms with Crippen LogP contribution in [0.2, 0.25) is 0 Å². The summed E-state index contributed by atoms with van der Waals surface area (Å²) in [5, 5.41) is 9.15. The third kappa shape index (κ3) is 2.64. The topological polar surface area (TPSA) is 23.8 Å². The van der Waals surface area contributed by atoms with Crippen molar-refractivity contribution in [3.63, 3.8) is 0 Å². The third-order valence-electron chi connectivity index (χ3n) is 4.17. The van der Waals surface area contributed by atoms with Gasteiger partial charge in [-0.05, 0) is 50.5 Å². The van der Waals surface area contributed by atoms with Gasteiger partial charge < -0.3 is 0 Å². The van der Waals surface area contributed by atoms with Gasteiger partial charge in [0.2, 0.25) is 0 Å². The summed E-state index contributed by atoms with van der Waals surface area (Å²) in [6.07, 6.45) is 3.11. The van der Waals surface area contributed by atoms with E-state index >= 15 is 0 Å². The van der Waals surface area contributed by atoms with Gasteiger partial charge in [0, 0.05) is 5.92 Å². The second kappa shape index (κ2) is 5.40. The minimum absolute atomic E-state index is 0.215. The molecule has 1 aliphatic rings. The van der Waals surface area contributed by atoms with Crippen LogP contribution in [-0.4, -0.2) is 0 Å². The Kier molecular flexibility index (Phi) is 3.87. The number of allylic oxidation sites excluding steroid dienone is 1. The third-order valence-corrected chi connectivity index (χ3v) is 4.17. The fraction of sp³-hybridized carbons (Fsp3) is 0.471. The number of hydrogen-bond donors (Lipinski definition) is 0. The summed E-state index contributed by atoms with van der Waals surface area (Å²) in [5.74, 6) is 1.23. The molecule has 0 amide bonds. The maximum Gasteiger partial charge on any atom is 0.0656 e. The van der Waals surface area contributed by atoms with Crippen molar-refractivity contribution >= 4 is 0 Å². The molecule has 0 radical (unpaired) electrons. The Morgan fingerprint density at radius 2 is 1.94 bits per heavy atom. The Morgan fingerprint density at radius 3 is 2.50 bits per heavy atom.